The molecule has 1 aliphatic heterocycles. The summed E-state index contributed by atoms with van der Waals surface area (Å²) in [5, 5.41) is 0. The molecule has 0 bridgehead atoms. The number of Topliss-reactive ketones (excluding diaryl/α,β-unsaturated/α-hetero) is 1. The summed E-state index contributed by atoms with van der Waals surface area (Å²) in [7, 11) is 1.58. The lowest BCUT2D eigenvalue weighted by molar-refractivity contribution is 0.0687. The standard InChI is InChI=1S/C21H23NO4/c1-25-19-11-5-9-17(13-19)20(23)18-10-6-12-22(14-18)21(24)26-15-16-7-3-2-4-8-16/h2-5,7-9,11,13,18H,6,10,12,14-15H2,1H3. The Balaban J connectivity index is 1.59. The van der Waals surface area contributed by atoms with Crippen molar-refractivity contribution < 1.29 is 19.1 Å². The second kappa shape index (κ2) is 8.52. The molecule has 5 heteroatoms. The quantitative estimate of drug-likeness (QED) is 0.765. The van der Waals surface area contributed by atoms with Crippen LogP contribution in [0.4, 0.5) is 4.79 Å². The van der Waals surface area contributed by atoms with Crippen molar-refractivity contribution in [2.75, 3.05) is 20.2 Å². The average molecular weight is 353 g/mol. The predicted molar refractivity (Wildman–Crippen MR) is 98.2 cm³/mol. The van der Waals surface area contributed by atoms with Crippen molar-refractivity contribution in [2.45, 2.75) is 19.4 Å². The van der Waals surface area contributed by atoms with Gasteiger partial charge in [0.2, 0.25) is 0 Å². The van der Waals surface area contributed by atoms with Crippen molar-refractivity contribution in [3.63, 3.8) is 0 Å². The molecule has 0 spiro atoms. The molecule has 0 N–H and O–H groups in total. The summed E-state index contributed by atoms with van der Waals surface area (Å²) in [4.78, 5) is 26.8. The summed E-state index contributed by atoms with van der Waals surface area (Å²) in [6.07, 6.45) is 1.20. The van der Waals surface area contributed by atoms with Crippen molar-refractivity contribution in [1.82, 2.24) is 4.90 Å². The molecular weight excluding hydrogens is 330 g/mol. The molecule has 136 valence electrons. The van der Waals surface area contributed by atoms with Gasteiger partial charge in [-0.3, -0.25) is 4.79 Å². The van der Waals surface area contributed by atoms with E-state index < -0.39 is 0 Å². The number of benzene rings is 2. The number of likely N-dealkylation sites (tertiary alicyclic amines) is 1. The molecule has 1 heterocycles. The summed E-state index contributed by atoms with van der Waals surface area (Å²) >= 11 is 0. The van der Waals surface area contributed by atoms with E-state index in [1.165, 1.54) is 0 Å². The molecule has 0 aliphatic carbocycles. The number of piperidine rings is 1. The van der Waals surface area contributed by atoms with E-state index in [1.807, 2.05) is 36.4 Å². The highest BCUT2D eigenvalue weighted by atomic mass is 16.6. The highest BCUT2D eigenvalue weighted by Crippen LogP contribution is 2.23. The van der Waals surface area contributed by atoms with Gasteiger partial charge in [0.15, 0.2) is 5.78 Å². The average Bonchev–Trinajstić information content (AvgIpc) is 2.72. The summed E-state index contributed by atoms with van der Waals surface area (Å²) in [5.41, 5.74) is 1.57. The smallest absolute Gasteiger partial charge is 0.410 e. The Hall–Kier alpha value is -2.82. The van der Waals surface area contributed by atoms with E-state index in [9.17, 15) is 9.59 Å². The van der Waals surface area contributed by atoms with Crippen molar-refractivity contribution in [2.24, 2.45) is 5.92 Å². The van der Waals surface area contributed by atoms with E-state index in [2.05, 4.69) is 0 Å². The van der Waals surface area contributed by atoms with Gasteiger partial charge in [0.25, 0.3) is 0 Å². The summed E-state index contributed by atoms with van der Waals surface area (Å²) in [5.74, 6) is 0.496. The van der Waals surface area contributed by atoms with E-state index in [0.717, 1.165) is 18.4 Å². The van der Waals surface area contributed by atoms with Gasteiger partial charge in [-0.05, 0) is 30.5 Å². The molecule has 1 fully saturated rings. The van der Waals surface area contributed by atoms with Gasteiger partial charge < -0.3 is 14.4 Å². The highest BCUT2D eigenvalue weighted by molar-refractivity contribution is 5.98. The Morgan fingerprint density at radius 3 is 2.69 bits per heavy atom. The lowest BCUT2D eigenvalue weighted by Gasteiger charge is -2.31. The first-order valence-corrected chi connectivity index (χ1v) is 8.81. The lowest BCUT2D eigenvalue weighted by atomic mass is 9.90. The molecule has 0 saturated carbocycles. The third-order valence-corrected chi connectivity index (χ3v) is 4.61. The number of carbonyl (C=O) groups excluding carboxylic acids is 2. The fourth-order valence-corrected chi connectivity index (χ4v) is 3.18. The number of methoxy groups -OCH3 is 1. The van der Waals surface area contributed by atoms with Crippen LogP contribution in [0, 0.1) is 5.92 Å². The number of carbonyl (C=O) groups is 2. The minimum Gasteiger partial charge on any atom is -0.497 e. The maximum atomic E-state index is 12.8. The summed E-state index contributed by atoms with van der Waals surface area (Å²) in [6, 6.07) is 16.7. The number of hydrogen-bond acceptors (Lipinski definition) is 4. The first kappa shape index (κ1) is 18.0. The van der Waals surface area contributed by atoms with Gasteiger partial charge in [0.05, 0.1) is 7.11 Å². The van der Waals surface area contributed by atoms with Crippen LogP contribution in [0.3, 0.4) is 0 Å². The van der Waals surface area contributed by atoms with Crippen molar-refractivity contribution >= 4 is 11.9 Å². The Kier molecular flexibility index (Phi) is 5.89. The Bertz CT molecular complexity index is 760. The van der Waals surface area contributed by atoms with Crippen LogP contribution < -0.4 is 4.74 Å². The molecule has 2 aromatic carbocycles. The summed E-state index contributed by atoms with van der Waals surface area (Å²) < 4.78 is 10.6. The van der Waals surface area contributed by atoms with Crippen LogP contribution in [0.25, 0.3) is 0 Å². The first-order chi connectivity index (χ1) is 12.7. The maximum Gasteiger partial charge on any atom is 0.410 e. The molecular formula is C21H23NO4. The number of nitrogens with zero attached hydrogens (tertiary/aromatic N) is 1. The number of rotatable bonds is 5. The fourth-order valence-electron chi connectivity index (χ4n) is 3.18. The second-order valence-electron chi connectivity index (χ2n) is 6.42. The maximum absolute atomic E-state index is 12.8. The molecule has 1 amide bonds. The van der Waals surface area contributed by atoms with Gasteiger partial charge in [0, 0.05) is 24.6 Å². The SMILES string of the molecule is COc1cccc(C(=O)C2CCCN(C(=O)OCc3ccccc3)C2)c1. The van der Waals surface area contributed by atoms with E-state index in [4.69, 9.17) is 9.47 Å². The normalized spacial score (nSPS) is 16.8. The van der Waals surface area contributed by atoms with Gasteiger partial charge in [0.1, 0.15) is 12.4 Å². The molecule has 3 rings (SSSR count). The summed E-state index contributed by atoms with van der Waals surface area (Å²) in [6.45, 7) is 1.25. The van der Waals surface area contributed by atoms with Crippen LogP contribution in [-0.4, -0.2) is 37.0 Å². The van der Waals surface area contributed by atoms with Gasteiger partial charge in [-0.15, -0.1) is 0 Å². The van der Waals surface area contributed by atoms with Crippen LogP contribution in [-0.2, 0) is 11.3 Å². The van der Waals surface area contributed by atoms with E-state index in [1.54, 1.807) is 30.2 Å². The number of hydrogen-bond donors (Lipinski definition) is 0. The monoisotopic (exact) mass is 353 g/mol. The lowest BCUT2D eigenvalue weighted by Crippen LogP contribution is -2.42. The van der Waals surface area contributed by atoms with E-state index in [0.29, 0.717) is 24.4 Å². The zero-order chi connectivity index (χ0) is 18.4. The molecule has 1 aliphatic rings. The molecule has 5 nitrogen and oxygen atoms in total. The van der Waals surface area contributed by atoms with Gasteiger partial charge in [-0.25, -0.2) is 4.79 Å². The van der Waals surface area contributed by atoms with Gasteiger partial charge in [-0.2, -0.15) is 0 Å². The Labute approximate surface area is 153 Å². The second-order valence-corrected chi connectivity index (χ2v) is 6.42. The molecule has 0 radical (unpaired) electrons. The number of amides is 1. The molecule has 2 aromatic rings. The third kappa shape index (κ3) is 4.42. The van der Waals surface area contributed by atoms with Crippen LogP contribution in [0.15, 0.2) is 54.6 Å². The van der Waals surface area contributed by atoms with Crippen LogP contribution >= 0.6 is 0 Å². The highest BCUT2D eigenvalue weighted by Gasteiger charge is 2.29. The molecule has 0 aromatic heterocycles. The largest absolute Gasteiger partial charge is 0.497 e. The molecule has 1 unspecified atom stereocenters. The van der Waals surface area contributed by atoms with E-state index in [-0.39, 0.29) is 24.4 Å². The number of ether oxygens (including phenoxy) is 2. The minimum atomic E-state index is -0.364. The first-order valence-electron chi connectivity index (χ1n) is 8.81. The van der Waals surface area contributed by atoms with E-state index >= 15 is 0 Å². The fraction of sp³-hybridized carbons (Fsp3) is 0.333. The number of ketones is 1. The van der Waals surface area contributed by atoms with Crippen molar-refractivity contribution in [3.05, 3.63) is 65.7 Å². The molecule has 1 atom stereocenters. The van der Waals surface area contributed by atoms with Crippen LogP contribution in [0.2, 0.25) is 0 Å². The van der Waals surface area contributed by atoms with Crippen LogP contribution in [0.5, 0.6) is 5.75 Å². The molecule has 1 saturated heterocycles. The van der Waals surface area contributed by atoms with Crippen molar-refractivity contribution in [1.29, 1.82) is 0 Å². The van der Waals surface area contributed by atoms with Gasteiger partial charge >= 0.3 is 6.09 Å². The third-order valence-electron chi connectivity index (χ3n) is 4.61. The van der Waals surface area contributed by atoms with Crippen molar-refractivity contribution in [3.8, 4) is 5.75 Å². The van der Waals surface area contributed by atoms with Crippen LogP contribution in [0.1, 0.15) is 28.8 Å². The molecule has 26 heavy (non-hydrogen) atoms. The Morgan fingerprint density at radius 2 is 1.92 bits per heavy atom. The van der Waals surface area contributed by atoms with Gasteiger partial charge in [-0.1, -0.05) is 42.5 Å². The minimum absolute atomic E-state index is 0.0458. The zero-order valence-electron chi connectivity index (χ0n) is 14.9. The zero-order valence-corrected chi connectivity index (χ0v) is 14.9. The topological polar surface area (TPSA) is 55.8 Å². The Morgan fingerprint density at radius 1 is 1.12 bits per heavy atom. The predicted octanol–water partition coefficient (Wildman–Crippen LogP) is 3.93.